The quantitative estimate of drug-likeness (QED) is 0.517. The number of ether oxygens (including phenoxy) is 3. The van der Waals surface area contributed by atoms with Crippen LogP contribution in [-0.2, 0) is 16.0 Å². The van der Waals surface area contributed by atoms with Gasteiger partial charge in [-0.1, -0.05) is 18.2 Å². The fraction of sp³-hybridized carbons (Fsp3) is 0.304. The zero-order valence-electron chi connectivity index (χ0n) is 17.6. The lowest BCUT2D eigenvalue weighted by atomic mass is 10.1. The van der Waals surface area contributed by atoms with Crippen molar-refractivity contribution in [2.24, 2.45) is 0 Å². The van der Waals surface area contributed by atoms with Gasteiger partial charge in [-0.25, -0.2) is 4.68 Å². The molecule has 0 atom stereocenters. The second kappa shape index (κ2) is 10.5. The second-order valence-corrected chi connectivity index (χ2v) is 6.74. The lowest BCUT2D eigenvalue weighted by Crippen LogP contribution is -2.27. The molecule has 1 N–H and O–H groups in total. The van der Waals surface area contributed by atoms with Crippen LogP contribution in [0.3, 0.4) is 0 Å². The summed E-state index contributed by atoms with van der Waals surface area (Å²) in [5.41, 5.74) is 2.57. The Balaban J connectivity index is 1.88. The summed E-state index contributed by atoms with van der Waals surface area (Å²) in [5.74, 6) is 2.04. The first-order chi connectivity index (χ1) is 14.6. The van der Waals surface area contributed by atoms with Crippen LogP contribution in [0.4, 0.5) is 0 Å². The molecule has 0 bridgehead atoms. The molecule has 30 heavy (non-hydrogen) atoms. The zero-order valence-corrected chi connectivity index (χ0v) is 17.6. The van der Waals surface area contributed by atoms with E-state index >= 15 is 0 Å². The topological polar surface area (TPSA) is 74.6 Å². The number of aryl methyl sites for hydroxylation is 1. The van der Waals surface area contributed by atoms with Gasteiger partial charge in [0.15, 0.2) is 0 Å². The minimum absolute atomic E-state index is 0.0330. The van der Waals surface area contributed by atoms with Gasteiger partial charge in [-0.05, 0) is 49.7 Å². The third-order valence-electron chi connectivity index (χ3n) is 4.64. The highest BCUT2D eigenvalue weighted by molar-refractivity contribution is 5.76. The van der Waals surface area contributed by atoms with Gasteiger partial charge in [0.1, 0.15) is 11.5 Å². The monoisotopic (exact) mass is 409 g/mol. The van der Waals surface area contributed by atoms with E-state index in [2.05, 4.69) is 10.4 Å². The summed E-state index contributed by atoms with van der Waals surface area (Å²) in [7, 11) is 3.24. The molecule has 0 aliphatic heterocycles. The van der Waals surface area contributed by atoms with Crippen LogP contribution in [0.5, 0.6) is 17.4 Å². The molecule has 0 radical (unpaired) electrons. The Bertz CT molecular complexity index is 953. The number of methoxy groups -OCH3 is 2. The van der Waals surface area contributed by atoms with Crippen molar-refractivity contribution in [1.82, 2.24) is 15.1 Å². The third kappa shape index (κ3) is 5.39. The highest BCUT2D eigenvalue weighted by Crippen LogP contribution is 2.32. The molecule has 7 nitrogen and oxygen atoms in total. The number of benzene rings is 2. The maximum Gasteiger partial charge on any atom is 0.226 e. The first-order valence-electron chi connectivity index (χ1n) is 9.84. The third-order valence-corrected chi connectivity index (χ3v) is 4.64. The molecule has 3 aromatic rings. The van der Waals surface area contributed by atoms with E-state index in [9.17, 15) is 4.79 Å². The number of carbonyl (C=O) groups excluding carboxylic acids is 1. The van der Waals surface area contributed by atoms with Crippen LogP contribution >= 0.6 is 0 Å². The lowest BCUT2D eigenvalue weighted by Gasteiger charge is -2.12. The highest BCUT2D eigenvalue weighted by Gasteiger charge is 2.20. The molecule has 0 aliphatic carbocycles. The number of nitrogens with one attached hydrogen (secondary N) is 1. The number of hydrogen-bond donors (Lipinski definition) is 1. The number of carbonyl (C=O) groups is 1. The Morgan fingerprint density at radius 2 is 1.77 bits per heavy atom. The van der Waals surface area contributed by atoms with Crippen molar-refractivity contribution in [3.8, 4) is 23.1 Å². The Morgan fingerprint density at radius 1 is 1.03 bits per heavy atom. The van der Waals surface area contributed by atoms with Crippen LogP contribution in [0, 0.1) is 6.92 Å². The highest BCUT2D eigenvalue weighted by atomic mass is 16.5. The molecule has 1 aromatic heterocycles. The molecule has 1 amide bonds. The van der Waals surface area contributed by atoms with E-state index in [-0.39, 0.29) is 5.91 Å². The van der Waals surface area contributed by atoms with Gasteiger partial charge in [0, 0.05) is 25.6 Å². The van der Waals surface area contributed by atoms with E-state index in [0.29, 0.717) is 37.6 Å². The van der Waals surface area contributed by atoms with Crippen molar-refractivity contribution in [3.05, 3.63) is 65.9 Å². The molecule has 0 saturated carbocycles. The van der Waals surface area contributed by atoms with Crippen LogP contribution in [-0.4, -0.2) is 43.1 Å². The van der Waals surface area contributed by atoms with Gasteiger partial charge in [0.25, 0.3) is 0 Å². The maximum absolute atomic E-state index is 12.2. The Labute approximate surface area is 176 Å². The molecule has 158 valence electrons. The number of para-hydroxylation sites is 1. The minimum Gasteiger partial charge on any atom is -0.497 e. The van der Waals surface area contributed by atoms with E-state index in [1.807, 2.05) is 61.5 Å². The summed E-state index contributed by atoms with van der Waals surface area (Å²) in [6.45, 7) is 2.91. The average molecular weight is 409 g/mol. The van der Waals surface area contributed by atoms with Crippen LogP contribution in [0.15, 0.2) is 54.6 Å². The van der Waals surface area contributed by atoms with Gasteiger partial charge >= 0.3 is 0 Å². The zero-order chi connectivity index (χ0) is 21.3. The Kier molecular flexibility index (Phi) is 7.45. The maximum atomic E-state index is 12.2. The van der Waals surface area contributed by atoms with E-state index in [1.165, 1.54) is 0 Å². The van der Waals surface area contributed by atoms with Gasteiger partial charge in [0.2, 0.25) is 11.8 Å². The molecule has 7 heteroatoms. The fourth-order valence-corrected chi connectivity index (χ4v) is 3.05. The van der Waals surface area contributed by atoms with Crippen molar-refractivity contribution in [1.29, 1.82) is 0 Å². The van der Waals surface area contributed by atoms with Gasteiger partial charge < -0.3 is 19.5 Å². The number of hydrogen-bond acceptors (Lipinski definition) is 5. The smallest absolute Gasteiger partial charge is 0.226 e. The van der Waals surface area contributed by atoms with Gasteiger partial charge in [-0.15, -0.1) is 0 Å². The van der Waals surface area contributed by atoms with Gasteiger partial charge in [0.05, 0.1) is 25.1 Å². The fourth-order valence-electron chi connectivity index (χ4n) is 3.05. The molecule has 0 unspecified atom stereocenters. The Hall–Kier alpha value is -3.32. The van der Waals surface area contributed by atoms with Crippen LogP contribution in [0.25, 0.3) is 5.69 Å². The number of nitrogens with zero attached hydrogens (tertiary/aromatic N) is 2. The van der Waals surface area contributed by atoms with Crippen molar-refractivity contribution in [2.75, 3.05) is 27.4 Å². The Morgan fingerprint density at radius 3 is 2.43 bits per heavy atom. The second-order valence-electron chi connectivity index (χ2n) is 6.74. The molecular formula is C23H27N3O4. The molecule has 0 saturated heterocycles. The molecule has 3 rings (SSSR count). The van der Waals surface area contributed by atoms with Gasteiger partial charge in [-0.3, -0.25) is 4.79 Å². The predicted octanol–water partition coefficient (Wildman–Crippen LogP) is 3.68. The van der Waals surface area contributed by atoms with E-state index in [1.54, 1.807) is 18.9 Å². The number of amides is 1. The normalized spacial score (nSPS) is 10.6. The first-order valence-corrected chi connectivity index (χ1v) is 9.84. The molecule has 0 aliphatic rings. The summed E-state index contributed by atoms with van der Waals surface area (Å²) in [5, 5.41) is 7.53. The van der Waals surface area contributed by atoms with Crippen molar-refractivity contribution >= 4 is 5.91 Å². The first kappa shape index (κ1) is 21.4. The molecule has 1 heterocycles. The minimum atomic E-state index is -0.0330. The standard InChI is InChI=1S/C23H27N3O4/c1-17-21(13-14-22(27)24-15-16-28-2)23(30-20-7-5-4-6-8-20)26(25-17)18-9-11-19(29-3)12-10-18/h4-12H,13-16H2,1-3H3,(H,24,27). The van der Waals surface area contributed by atoms with E-state index in [0.717, 1.165) is 22.7 Å². The van der Waals surface area contributed by atoms with Crippen LogP contribution < -0.4 is 14.8 Å². The van der Waals surface area contributed by atoms with Crippen molar-refractivity contribution in [3.63, 3.8) is 0 Å². The summed E-state index contributed by atoms with van der Waals surface area (Å²) in [4.78, 5) is 12.2. The van der Waals surface area contributed by atoms with E-state index in [4.69, 9.17) is 14.2 Å². The molecular weight excluding hydrogens is 382 g/mol. The molecule has 2 aromatic carbocycles. The molecule has 0 fully saturated rings. The molecule has 0 spiro atoms. The predicted molar refractivity (Wildman–Crippen MR) is 115 cm³/mol. The van der Waals surface area contributed by atoms with Gasteiger partial charge in [-0.2, -0.15) is 5.10 Å². The SMILES string of the molecule is COCCNC(=O)CCc1c(C)nn(-c2ccc(OC)cc2)c1Oc1ccccc1. The van der Waals surface area contributed by atoms with Crippen LogP contribution in [0.1, 0.15) is 17.7 Å². The largest absolute Gasteiger partial charge is 0.497 e. The van der Waals surface area contributed by atoms with Crippen molar-refractivity contribution in [2.45, 2.75) is 19.8 Å². The summed E-state index contributed by atoms with van der Waals surface area (Å²) >= 11 is 0. The average Bonchev–Trinajstić information content (AvgIpc) is 3.08. The lowest BCUT2D eigenvalue weighted by molar-refractivity contribution is -0.121. The number of aromatic nitrogens is 2. The van der Waals surface area contributed by atoms with Crippen molar-refractivity contribution < 1.29 is 19.0 Å². The van der Waals surface area contributed by atoms with E-state index < -0.39 is 0 Å². The summed E-state index contributed by atoms with van der Waals surface area (Å²) < 4.78 is 18.2. The van der Waals surface area contributed by atoms with Crippen LogP contribution in [0.2, 0.25) is 0 Å². The summed E-state index contributed by atoms with van der Waals surface area (Å²) in [6, 6.07) is 17.1. The summed E-state index contributed by atoms with van der Waals surface area (Å²) in [6.07, 6.45) is 0.854. The number of rotatable bonds is 10.